The molecule has 1 aromatic carbocycles. The smallest absolute Gasteiger partial charge is 0.337 e. The quantitative estimate of drug-likeness (QED) is 0.754. The standard InChI is InChI=1S/C9H9FO3S/c1-14-8-5(7(11)9(12)13)3-2-4-6(8)10/h2-4,7,11H,1H3,(H,12,13). The van der Waals surface area contributed by atoms with Crippen LogP contribution in [-0.2, 0) is 4.79 Å². The van der Waals surface area contributed by atoms with E-state index in [1.165, 1.54) is 18.2 Å². The number of thioether (sulfide) groups is 1. The molecule has 3 nitrogen and oxygen atoms in total. The van der Waals surface area contributed by atoms with Crippen molar-refractivity contribution in [2.24, 2.45) is 0 Å². The van der Waals surface area contributed by atoms with Crippen molar-refractivity contribution in [3.05, 3.63) is 29.6 Å². The van der Waals surface area contributed by atoms with Gasteiger partial charge in [0.2, 0.25) is 0 Å². The molecule has 0 aliphatic heterocycles. The first-order chi connectivity index (χ1) is 6.57. The fourth-order valence-electron chi connectivity index (χ4n) is 1.09. The van der Waals surface area contributed by atoms with Crippen LogP contribution in [0.15, 0.2) is 23.1 Å². The zero-order chi connectivity index (χ0) is 10.7. The SMILES string of the molecule is CSc1c(F)cccc1C(O)C(=O)O. The average molecular weight is 216 g/mol. The molecule has 0 fully saturated rings. The summed E-state index contributed by atoms with van der Waals surface area (Å²) in [5, 5.41) is 17.8. The molecule has 0 aromatic heterocycles. The van der Waals surface area contributed by atoms with Gasteiger partial charge in [-0.05, 0) is 12.3 Å². The highest BCUT2D eigenvalue weighted by Gasteiger charge is 2.20. The average Bonchev–Trinajstić information content (AvgIpc) is 2.16. The van der Waals surface area contributed by atoms with E-state index in [0.717, 1.165) is 11.8 Å². The lowest BCUT2D eigenvalue weighted by molar-refractivity contribution is -0.147. The van der Waals surface area contributed by atoms with Crippen LogP contribution in [0.1, 0.15) is 11.7 Å². The third-order valence-electron chi connectivity index (χ3n) is 1.73. The first-order valence-electron chi connectivity index (χ1n) is 3.81. The molecule has 14 heavy (non-hydrogen) atoms. The molecule has 1 atom stereocenters. The molecule has 0 spiro atoms. The van der Waals surface area contributed by atoms with Crippen LogP contribution < -0.4 is 0 Å². The Morgan fingerprint density at radius 1 is 1.57 bits per heavy atom. The van der Waals surface area contributed by atoms with Crippen molar-refractivity contribution in [2.45, 2.75) is 11.0 Å². The van der Waals surface area contributed by atoms with Gasteiger partial charge in [-0.25, -0.2) is 9.18 Å². The van der Waals surface area contributed by atoms with Gasteiger partial charge in [-0.1, -0.05) is 12.1 Å². The molecule has 0 heterocycles. The van der Waals surface area contributed by atoms with Crippen LogP contribution in [0.5, 0.6) is 0 Å². The lowest BCUT2D eigenvalue weighted by atomic mass is 10.1. The molecule has 0 aliphatic rings. The monoisotopic (exact) mass is 216 g/mol. The van der Waals surface area contributed by atoms with Gasteiger partial charge in [-0.3, -0.25) is 0 Å². The van der Waals surface area contributed by atoms with Gasteiger partial charge in [0, 0.05) is 10.5 Å². The third kappa shape index (κ3) is 2.05. The van der Waals surface area contributed by atoms with Crippen LogP contribution >= 0.6 is 11.8 Å². The van der Waals surface area contributed by atoms with E-state index in [9.17, 15) is 14.3 Å². The molecule has 1 aromatic rings. The molecule has 0 radical (unpaired) electrons. The molecule has 0 amide bonds. The van der Waals surface area contributed by atoms with Crippen LogP contribution in [0.4, 0.5) is 4.39 Å². The van der Waals surface area contributed by atoms with Crippen molar-refractivity contribution in [1.82, 2.24) is 0 Å². The van der Waals surface area contributed by atoms with Gasteiger partial charge in [-0.2, -0.15) is 0 Å². The zero-order valence-electron chi connectivity index (χ0n) is 7.40. The van der Waals surface area contributed by atoms with Gasteiger partial charge >= 0.3 is 5.97 Å². The number of hydrogen-bond acceptors (Lipinski definition) is 3. The van der Waals surface area contributed by atoms with E-state index < -0.39 is 17.9 Å². The summed E-state index contributed by atoms with van der Waals surface area (Å²) >= 11 is 1.07. The second kappa shape index (κ2) is 4.43. The molecule has 1 unspecified atom stereocenters. The lowest BCUT2D eigenvalue weighted by Gasteiger charge is -2.10. The molecule has 0 saturated carbocycles. The predicted molar refractivity (Wildman–Crippen MR) is 50.8 cm³/mol. The molecule has 0 saturated heterocycles. The molecule has 76 valence electrons. The maximum atomic E-state index is 13.1. The Labute approximate surface area is 84.6 Å². The third-order valence-corrected chi connectivity index (χ3v) is 2.57. The minimum Gasteiger partial charge on any atom is -0.479 e. The Morgan fingerprint density at radius 3 is 2.71 bits per heavy atom. The maximum absolute atomic E-state index is 13.1. The van der Waals surface area contributed by atoms with E-state index in [4.69, 9.17) is 5.11 Å². The van der Waals surface area contributed by atoms with Gasteiger partial charge < -0.3 is 10.2 Å². The molecule has 5 heteroatoms. The van der Waals surface area contributed by atoms with E-state index in [-0.39, 0.29) is 10.5 Å². The lowest BCUT2D eigenvalue weighted by Crippen LogP contribution is -2.11. The van der Waals surface area contributed by atoms with Crippen LogP contribution in [-0.4, -0.2) is 22.4 Å². The first-order valence-corrected chi connectivity index (χ1v) is 5.03. The Bertz CT molecular complexity index is 354. The summed E-state index contributed by atoms with van der Waals surface area (Å²) in [5.74, 6) is -1.90. The van der Waals surface area contributed by atoms with E-state index in [0.29, 0.717) is 0 Å². The molecule has 0 bridgehead atoms. The summed E-state index contributed by atoms with van der Waals surface area (Å²) in [5.41, 5.74) is 0.0880. The number of carboxylic acids is 1. The maximum Gasteiger partial charge on any atom is 0.337 e. The highest BCUT2D eigenvalue weighted by Crippen LogP contribution is 2.28. The molecule has 0 aliphatic carbocycles. The normalized spacial score (nSPS) is 12.5. The second-order valence-corrected chi connectivity index (χ2v) is 3.42. The van der Waals surface area contributed by atoms with Crippen molar-refractivity contribution in [3.8, 4) is 0 Å². The minimum absolute atomic E-state index is 0.0880. The van der Waals surface area contributed by atoms with Crippen molar-refractivity contribution in [3.63, 3.8) is 0 Å². The summed E-state index contributed by atoms with van der Waals surface area (Å²) in [6, 6.07) is 3.99. The Balaban J connectivity index is 3.20. The summed E-state index contributed by atoms with van der Waals surface area (Å²) in [6.45, 7) is 0. The number of benzene rings is 1. The number of hydrogen-bond donors (Lipinski definition) is 2. The highest BCUT2D eigenvalue weighted by atomic mass is 32.2. The van der Waals surface area contributed by atoms with Crippen LogP contribution in [0.3, 0.4) is 0 Å². The predicted octanol–water partition coefficient (Wildman–Crippen LogP) is 1.67. The van der Waals surface area contributed by atoms with E-state index in [1.54, 1.807) is 6.26 Å². The Morgan fingerprint density at radius 2 is 2.21 bits per heavy atom. The summed E-state index contributed by atoms with van der Waals surface area (Å²) in [7, 11) is 0. The number of aliphatic hydroxyl groups is 1. The topological polar surface area (TPSA) is 57.5 Å². The van der Waals surface area contributed by atoms with Gasteiger partial charge in [0.05, 0.1) is 0 Å². The Hall–Kier alpha value is -1.07. The number of carboxylic acid groups (broad SMARTS) is 1. The molecular weight excluding hydrogens is 207 g/mol. The second-order valence-electron chi connectivity index (χ2n) is 2.60. The molecule has 1 rings (SSSR count). The van der Waals surface area contributed by atoms with Crippen molar-refractivity contribution >= 4 is 17.7 Å². The van der Waals surface area contributed by atoms with Crippen LogP contribution in [0.25, 0.3) is 0 Å². The van der Waals surface area contributed by atoms with Crippen molar-refractivity contribution < 1.29 is 19.4 Å². The fraction of sp³-hybridized carbons (Fsp3) is 0.222. The number of aliphatic hydroxyl groups excluding tert-OH is 1. The highest BCUT2D eigenvalue weighted by molar-refractivity contribution is 7.98. The summed E-state index contributed by atoms with van der Waals surface area (Å²) in [6.07, 6.45) is -0.0515. The molecular formula is C9H9FO3S. The van der Waals surface area contributed by atoms with Crippen molar-refractivity contribution in [2.75, 3.05) is 6.26 Å². The minimum atomic E-state index is -1.67. The van der Waals surface area contributed by atoms with Gasteiger partial charge in [0.15, 0.2) is 6.10 Å². The largest absolute Gasteiger partial charge is 0.479 e. The van der Waals surface area contributed by atoms with E-state index in [1.807, 2.05) is 0 Å². The van der Waals surface area contributed by atoms with Gasteiger partial charge in [-0.15, -0.1) is 11.8 Å². The number of aliphatic carboxylic acids is 1. The Kier molecular flexibility index (Phi) is 3.49. The summed E-state index contributed by atoms with van der Waals surface area (Å²) < 4.78 is 13.1. The first kappa shape index (κ1) is 11.0. The van der Waals surface area contributed by atoms with Crippen molar-refractivity contribution in [1.29, 1.82) is 0 Å². The number of halogens is 1. The van der Waals surface area contributed by atoms with Crippen LogP contribution in [0.2, 0.25) is 0 Å². The van der Waals surface area contributed by atoms with E-state index in [2.05, 4.69) is 0 Å². The number of rotatable bonds is 3. The fourth-order valence-corrected chi connectivity index (χ4v) is 1.77. The summed E-state index contributed by atoms with van der Waals surface area (Å²) in [4.78, 5) is 10.7. The van der Waals surface area contributed by atoms with Crippen LogP contribution in [0, 0.1) is 5.82 Å². The zero-order valence-corrected chi connectivity index (χ0v) is 8.21. The molecule has 2 N–H and O–H groups in total. The van der Waals surface area contributed by atoms with E-state index >= 15 is 0 Å². The van der Waals surface area contributed by atoms with Gasteiger partial charge in [0.25, 0.3) is 0 Å². The number of carbonyl (C=O) groups is 1. The van der Waals surface area contributed by atoms with Gasteiger partial charge in [0.1, 0.15) is 5.82 Å².